The standard InChI is InChI=1S/C14H20ClN/c15-13-9-7-12(8-10-13)14(16)11-5-3-1-2-4-6-11/h7-11,14H,1-6,16H2. The number of hydrogen-bond donors (Lipinski definition) is 1. The molecule has 1 atom stereocenters. The molecule has 0 aromatic heterocycles. The lowest BCUT2D eigenvalue weighted by Crippen LogP contribution is -2.20. The van der Waals surface area contributed by atoms with E-state index < -0.39 is 0 Å². The molecule has 1 aromatic carbocycles. The molecule has 0 saturated heterocycles. The zero-order valence-corrected chi connectivity index (χ0v) is 10.4. The third-order valence-corrected chi connectivity index (χ3v) is 3.91. The van der Waals surface area contributed by atoms with Crippen molar-refractivity contribution < 1.29 is 0 Å². The Balaban J connectivity index is 2.04. The summed E-state index contributed by atoms with van der Waals surface area (Å²) in [6.45, 7) is 0. The van der Waals surface area contributed by atoms with E-state index in [1.807, 2.05) is 12.1 Å². The van der Waals surface area contributed by atoms with Crippen molar-refractivity contribution in [2.75, 3.05) is 0 Å². The van der Waals surface area contributed by atoms with E-state index in [4.69, 9.17) is 17.3 Å². The molecule has 0 heterocycles. The van der Waals surface area contributed by atoms with Crippen LogP contribution in [0.1, 0.15) is 50.1 Å². The van der Waals surface area contributed by atoms with Crippen molar-refractivity contribution >= 4 is 11.6 Å². The maximum absolute atomic E-state index is 6.35. The second kappa shape index (κ2) is 5.70. The first-order valence-electron chi connectivity index (χ1n) is 6.28. The summed E-state index contributed by atoms with van der Waals surface area (Å²) in [5, 5.41) is 0.789. The summed E-state index contributed by atoms with van der Waals surface area (Å²) in [7, 11) is 0. The first-order chi connectivity index (χ1) is 7.77. The van der Waals surface area contributed by atoms with E-state index in [0.717, 1.165) is 5.02 Å². The molecular formula is C14H20ClN. The molecular weight excluding hydrogens is 218 g/mol. The lowest BCUT2D eigenvalue weighted by Gasteiger charge is -2.22. The summed E-state index contributed by atoms with van der Waals surface area (Å²) in [5.41, 5.74) is 7.58. The van der Waals surface area contributed by atoms with Gasteiger partial charge in [-0.3, -0.25) is 0 Å². The lowest BCUT2D eigenvalue weighted by atomic mass is 9.88. The first-order valence-corrected chi connectivity index (χ1v) is 6.66. The summed E-state index contributed by atoms with van der Waals surface area (Å²) in [6, 6.07) is 8.20. The Morgan fingerprint density at radius 1 is 1.00 bits per heavy atom. The van der Waals surface area contributed by atoms with E-state index in [0.29, 0.717) is 5.92 Å². The third kappa shape index (κ3) is 2.99. The molecule has 1 aliphatic rings. The molecule has 0 bridgehead atoms. The van der Waals surface area contributed by atoms with Crippen molar-refractivity contribution in [3.05, 3.63) is 34.9 Å². The second-order valence-corrected chi connectivity index (χ2v) is 5.27. The molecule has 1 saturated carbocycles. The number of nitrogens with two attached hydrogens (primary N) is 1. The molecule has 0 radical (unpaired) electrons. The monoisotopic (exact) mass is 237 g/mol. The Hall–Kier alpha value is -0.530. The van der Waals surface area contributed by atoms with Crippen LogP contribution in [0.5, 0.6) is 0 Å². The third-order valence-electron chi connectivity index (χ3n) is 3.66. The fraction of sp³-hybridized carbons (Fsp3) is 0.571. The second-order valence-electron chi connectivity index (χ2n) is 4.83. The minimum atomic E-state index is 0.190. The van der Waals surface area contributed by atoms with Gasteiger partial charge in [0.1, 0.15) is 0 Å². The Labute approximate surface area is 103 Å². The Kier molecular flexibility index (Phi) is 4.25. The fourth-order valence-corrected chi connectivity index (χ4v) is 2.75. The van der Waals surface area contributed by atoms with Crippen LogP contribution in [0.3, 0.4) is 0 Å². The minimum absolute atomic E-state index is 0.190. The number of hydrogen-bond acceptors (Lipinski definition) is 1. The van der Waals surface area contributed by atoms with Gasteiger partial charge in [0.25, 0.3) is 0 Å². The van der Waals surface area contributed by atoms with Crippen LogP contribution in [0.25, 0.3) is 0 Å². The Morgan fingerprint density at radius 2 is 1.56 bits per heavy atom. The molecule has 0 aliphatic heterocycles. The highest BCUT2D eigenvalue weighted by atomic mass is 35.5. The summed E-state index contributed by atoms with van der Waals surface area (Å²) >= 11 is 5.89. The molecule has 88 valence electrons. The van der Waals surface area contributed by atoms with E-state index in [1.165, 1.54) is 44.1 Å². The van der Waals surface area contributed by atoms with Crippen LogP contribution in [0.15, 0.2) is 24.3 Å². The smallest absolute Gasteiger partial charge is 0.0406 e. The predicted molar refractivity (Wildman–Crippen MR) is 69.6 cm³/mol. The van der Waals surface area contributed by atoms with Crippen LogP contribution in [-0.4, -0.2) is 0 Å². The topological polar surface area (TPSA) is 26.0 Å². The van der Waals surface area contributed by atoms with Crippen molar-refractivity contribution in [1.29, 1.82) is 0 Å². The van der Waals surface area contributed by atoms with E-state index in [2.05, 4.69) is 12.1 Å². The lowest BCUT2D eigenvalue weighted by molar-refractivity contribution is 0.382. The van der Waals surface area contributed by atoms with Gasteiger partial charge in [-0.1, -0.05) is 49.4 Å². The molecule has 1 fully saturated rings. The zero-order valence-electron chi connectivity index (χ0n) is 9.66. The van der Waals surface area contributed by atoms with E-state index in [-0.39, 0.29) is 6.04 Å². The number of benzene rings is 1. The predicted octanol–water partition coefficient (Wildman–Crippen LogP) is 4.31. The van der Waals surface area contributed by atoms with Gasteiger partial charge in [0.15, 0.2) is 0 Å². The highest BCUT2D eigenvalue weighted by Crippen LogP contribution is 2.32. The number of rotatable bonds is 2. The molecule has 2 rings (SSSR count). The summed E-state index contributed by atoms with van der Waals surface area (Å²) in [5.74, 6) is 0.656. The normalized spacial score (nSPS) is 20.4. The maximum atomic E-state index is 6.35. The summed E-state index contributed by atoms with van der Waals surface area (Å²) in [4.78, 5) is 0. The molecule has 1 aromatic rings. The summed E-state index contributed by atoms with van der Waals surface area (Å²) < 4.78 is 0. The van der Waals surface area contributed by atoms with Crippen LogP contribution in [0, 0.1) is 5.92 Å². The van der Waals surface area contributed by atoms with Crippen LogP contribution in [0.2, 0.25) is 5.02 Å². The van der Waals surface area contributed by atoms with Gasteiger partial charge >= 0.3 is 0 Å². The van der Waals surface area contributed by atoms with E-state index in [1.54, 1.807) is 0 Å². The zero-order chi connectivity index (χ0) is 11.4. The van der Waals surface area contributed by atoms with Gasteiger partial charge < -0.3 is 5.73 Å². The molecule has 2 N–H and O–H groups in total. The van der Waals surface area contributed by atoms with Crippen molar-refractivity contribution in [2.45, 2.75) is 44.6 Å². The fourth-order valence-electron chi connectivity index (χ4n) is 2.63. The van der Waals surface area contributed by atoms with Crippen molar-refractivity contribution in [1.82, 2.24) is 0 Å². The van der Waals surface area contributed by atoms with Crippen molar-refractivity contribution in [3.8, 4) is 0 Å². The first kappa shape index (κ1) is 11.9. The highest BCUT2D eigenvalue weighted by Gasteiger charge is 2.20. The molecule has 16 heavy (non-hydrogen) atoms. The van der Waals surface area contributed by atoms with Crippen LogP contribution in [0.4, 0.5) is 0 Å². The molecule has 1 nitrogen and oxygen atoms in total. The quantitative estimate of drug-likeness (QED) is 0.763. The average Bonchev–Trinajstić information content (AvgIpc) is 2.57. The van der Waals surface area contributed by atoms with Gasteiger partial charge in [0.05, 0.1) is 0 Å². The van der Waals surface area contributed by atoms with Crippen LogP contribution in [-0.2, 0) is 0 Å². The Bertz CT molecular complexity index is 312. The molecule has 1 unspecified atom stereocenters. The highest BCUT2D eigenvalue weighted by molar-refractivity contribution is 6.30. The molecule has 0 spiro atoms. The van der Waals surface area contributed by atoms with Gasteiger partial charge in [-0.2, -0.15) is 0 Å². The Morgan fingerprint density at radius 3 is 2.12 bits per heavy atom. The van der Waals surface area contributed by atoms with Gasteiger partial charge in [-0.15, -0.1) is 0 Å². The van der Waals surface area contributed by atoms with Gasteiger partial charge in [0, 0.05) is 11.1 Å². The van der Waals surface area contributed by atoms with Crippen LogP contribution >= 0.6 is 11.6 Å². The van der Waals surface area contributed by atoms with E-state index in [9.17, 15) is 0 Å². The van der Waals surface area contributed by atoms with Crippen LogP contribution < -0.4 is 5.73 Å². The van der Waals surface area contributed by atoms with Crippen molar-refractivity contribution in [2.24, 2.45) is 11.7 Å². The van der Waals surface area contributed by atoms with Crippen molar-refractivity contribution in [3.63, 3.8) is 0 Å². The van der Waals surface area contributed by atoms with Gasteiger partial charge in [-0.05, 0) is 36.5 Å². The number of halogens is 1. The average molecular weight is 238 g/mol. The van der Waals surface area contributed by atoms with Gasteiger partial charge in [-0.25, -0.2) is 0 Å². The summed E-state index contributed by atoms with van der Waals surface area (Å²) in [6.07, 6.45) is 8.00. The molecule has 1 aliphatic carbocycles. The largest absolute Gasteiger partial charge is 0.324 e. The SMILES string of the molecule is NC(c1ccc(Cl)cc1)C1CCCCCC1. The molecule has 0 amide bonds. The van der Waals surface area contributed by atoms with Gasteiger partial charge in [0.2, 0.25) is 0 Å². The van der Waals surface area contributed by atoms with E-state index >= 15 is 0 Å². The molecule has 2 heteroatoms. The maximum Gasteiger partial charge on any atom is 0.0406 e. The minimum Gasteiger partial charge on any atom is -0.324 e.